The van der Waals surface area contributed by atoms with Gasteiger partial charge in [0, 0.05) is 0 Å². The van der Waals surface area contributed by atoms with Crippen LogP contribution in [0.1, 0.15) is 56.7 Å². The van der Waals surface area contributed by atoms with Crippen molar-refractivity contribution in [3.05, 3.63) is 34.9 Å². The van der Waals surface area contributed by atoms with Gasteiger partial charge in [0.15, 0.2) is 0 Å². The van der Waals surface area contributed by atoms with Crippen molar-refractivity contribution in [1.29, 1.82) is 0 Å². The van der Waals surface area contributed by atoms with E-state index in [-0.39, 0.29) is 6.10 Å². The lowest BCUT2D eigenvalue weighted by Gasteiger charge is -2.40. The predicted octanol–water partition coefficient (Wildman–Crippen LogP) is 4.67. The predicted molar refractivity (Wildman–Crippen MR) is 85.9 cm³/mol. The number of rotatable bonds is 2. The molecule has 1 saturated carbocycles. The lowest BCUT2D eigenvalue weighted by Crippen LogP contribution is -2.35. The summed E-state index contributed by atoms with van der Waals surface area (Å²) in [6.45, 7) is 11.3. The molecule has 1 nitrogen and oxygen atoms in total. The van der Waals surface area contributed by atoms with Gasteiger partial charge in [0.25, 0.3) is 0 Å². The van der Waals surface area contributed by atoms with Crippen LogP contribution < -0.4 is 0 Å². The van der Waals surface area contributed by atoms with E-state index in [1.165, 1.54) is 23.1 Å². The topological polar surface area (TPSA) is 20.2 Å². The van der Waals surface area contributed by atoms with Crippen LogP contribution >= 0.6 is 0 Å². The first-order chi connectivity index (χ1) is 9.27. The van der Waals surface area contributed by atoms with Crippen LogP contribution in [0.4, 0.5) is 0 Å². The lowest BCUT2D eigenvalue weighted by atomic mass is 9.67. The molecular formula is C19H30O. The van der Waals surface area contributed by atoms with Gasteiger partial charge in [-0.15, -0.1) is 0 Å². The van der Waals surface area contributed by atoms with Crippen LogP contribution in [0.25, 0.3) is 0 Å². The summed E-state index contributed by atoms with van der Waals surface area (Å²) in [5.41, 5.74) is 4.47. The Kier molecular flexibility index (Phi) is 4.59. The molecule has 1 aromatic carbocycles. The molecule has 1 aliphatic carbocycles. The highest BCUT2D eigenvalue weighted by molar-refractivity contribution is 5.31. The second-order valence-corrected chi connectivity index (χ2v) is 7.84. The minimum atomic E-state index is -0.117. The highest BCUT2D eigenvalue weighted by atomic mass is 16.3. The standard InChI is InChI=1S/C19H30O/c1-13-6-7-14(2)15(10-13)11-16-12-17(19(3,4)5)8-9-18(16)20/h6-7,10,16-18,20H,8-9,11-12H2,1-5H3. The normalized spacial score (nSPS) is 27.6. The molecule has 1 heteroatoms. The number of hydrogen-bond acceptors (Lipinski definition) is 1. The summed E-state index contributed by atoms with van der Waals surface area (Å²) in [6, 6.07) is 6.68. The van der Waals surface area contributed by atoms with Gasteiger partial charge in [-0.25, -0.2) is 0 Å². The van der Waals surface area contributed by atoms with Crippen LogP contribution in [-0.2, 0) is 6.42 Å². The first-order valence-corrected chi connectivity index (χ1v) is 8.01. The molecule has 0 radical (unpaired) electrons. The van der Waals surface area contributed by atoms with Gasteiger partial charge in [0.2, 0.25) is 0 Å². The van der Waals surface area contributed by atoms with E-state index < -0.39 is 0 Å². The Hall–Kier alpha value is -0.820. The maximum absolute atomic E-state index is 10.4. The third-order valence-corrected chi connectivity index (χ3v) is 5.15. The van der Waals surface area contributed by atoms with Crippen LogP contribution in [0.3, 0.4) is 0 Å². The minimum absolute atomic E-state index is 0.117. The second-order valence-electron chi connectivity index (χ2n) is 7.84. The van der Waals surface area contributed by atoms with E-state index in [9.17, 15) is 5.11 Å². The molecule has 3 unspecified atom stereocenters. The summed E-state index contributed by atoms with van der Waals surface area (Å²) in [6.07, 6.45) is 4.22. The minimum Gasteiger partial charge on any atom is -0.393 e. The Bertz CT molecular complexity index is 455. The van der Waals surface area contributed by atoms with E-state index in [1.54, 1.807) is 0 Å². The zero-order chi connectivity index (χ0) is 14.9. The molecule has 0 aromatic heterocycles. The molecule has 1 aromatic rings. The highest BCUT2D eigenvalue weighted by Gasteiger charge is 2.35. The van der Waals surface area contributed by atoms with Crippen molar-refractivity contribution < 1.29 is 5.11 Å². The van der Waals surface area contributed by atoms with Crippen molar-refractivity contribution in [3.8, 4) is 0 Å². The summed E-state index contributed by atoms with van der Waals surface area (Å²) < 4.78 is 0. The van der Waals surface area contributed by atoms with E-state index in [4.69, 9.17) is 0 Å². The van der Waals surface area contributed by atoms with E-state index in [0.29, 0.717) is 11.3 Å². The van der Waals surface area contributed by atoms with E-state index >= 15 is 0 Å². The highest BCUT2D eigenvalue weighted by Crippen LogP contribution is 2.41. The molecule has 1 aliphatic rings. The second kappa shape index (κ2) is 5.89. The van der Waals surface area contributed by atoms with Crippen LogP contribution in [0.5, 0.6) is 0 Å². The maximum atomic E-state index is 10.4. The van der Waals surface area contributed by atoms with Crippen LogP contribution in [-0.4, -0.2) is 11.2 Å². The summed E-state index contributed by atoms with van der Waals surface area (Å²) in [7, 11) is 0. The summed E-state index contributed by atoms with van der Waals surface area (Å²) in [5, 5.41) is 10.4. The smallest absolute Gasteiger partial charge is 0.0571 e. The number of aryl methyl sites for hydroxylation is 2. The molecule has 112 valence electrons. The fourth-order valence-corrected chi connectivity index (χ4v) is 3.56. The molecule has 0 amide bonds. The van der Waals surface area contributed by atoms with Crippen molar-refractivity contribution >= 4 is 0 Å². The van der Waals surface area contributed by atoms with E-state index in [0.717, 1.165) is 25.2 Å². The molecule has 0 spiro atoms. The SMILES string of the molecule is Cc1ccc(C)c(CC2CC(C(C)(C)C)CCC2O)c1. The monoisotopic (exact) mass is 274 g/mol. The van der Waals surface area contributed by atoms with Crippen LogP contribution in [0, 0.1) is 31.1 Å². The molecular weight excluding hydrogens is 244 g/mol. The van der Waals surface area contributed by atoms with Crippen LogP contribution in [0.15, 0.2) is 18.2 Å². The summed E-state index contributed by atoms with van der Waals surface area (Å²) in [5.74, 6) is 1.16. The van der Waals surface area contributed by atoms with Crippen molar-refractivity contribution in [2.24, 2.45) is 17.3 Å². The average molecular weight is 274 g/mol. The van der Waals surface area contributed by atoms with Gasteiger partial charge in [-0.3, -0.25) is 0 Å². The third kappa shape index (κ3) is 3.63. The Balaban J connectivity index is 2.12. The third-order valence-electron chi connectivity index (χ3n) is 5.15. The number of aliphatic hydroxyl groups is 1. The van der Waals surface area contributed by atoms with Gasteiger partial charge in [0.05, 0.1) is 6.10 Å². The van der Waals surface area contributed by atoms with Crippen molar-refractivity contribution in [2.75, 3.05) is 0 Å². The Labute approximate surface area is 124 Å². The van der Waals surface area contributed by atoms with Gasteiger partial charge in [-0.1, -0.05) is 44.5 Å². The molecule has 3 atom stereocenters. The largest absolute Gasteiger partial charge is 0.393 e. The van der Waals surface area contributed by atoms with Crippen molar-refractivity contribution in [3.63, 3.8) is 0 Å². The van der Waals surface area contributed by atoms with E-state index in [1.807, 2.05) is 0 Å². The maximum Gasteiger partial charge on any atom is 0.0571 e. The molecule has 1 fully saturated rings. The molecule has 2 rings (SSSR count). The Morgan fingerprint density at radius 2 is 1.85 bits per heavy atom. The van der Waals surface area contributed by atoms with Crippen molar-refractivity contribution in [1.82, 2.24) is 0 Å². The first kappa shape index (κ1) is 15.6. The van der Waals surface area contributed by atoms with Gasteiger partial charge in [-0.2, -0.15) is 0 Å². The quantitative estimate of drug-likeness (QED) is 0.831. The number of aliphatic hydroxyl groups excluding tert-OH is 1. The number of benzene rings is 1. The molecule has 0 heterocycles. The fraction of sp³-hybridized carbons (Fsp3) is 0.684. The molecule has 0 aliphatic heterocycles. The number of hydrogen-bond donors (Lipinski definition) is 1. The van der Waals surface area contributed by atoms with E-state index in [2.05, 4.69) is 52.8 Å². The van der Waals surface area contributed by atoms with Gasteiger partial charge < -0.3 is 5.11 Å². The fourth-order valence-electron chi connectivity index (χ4n) is 3.56. The van der Waals surface area contributed by atoms with Crippen molar-refractivity contribution in [2.45, 2.75) is 66.4 Å². The molecule has 20 heavy (non-hydrogen) atoms. The Morgan fingerprint density at radius 1 is 1.15 bits per heavy atom. The van der Waals surface area contributed by atoms with Gasteiger partial charge >= 0.3 is 0 Å². The first-order valence-electron chi connectivity index (χ1n) is 8.01. The molecule has 0 saturated heterocycles. The van der Waals surface area contributed by atoms with Crippen LogP contribution in [0.2, 0.25) is 0 Å². The van der Waals surface area contributed by atoms with Gasteiger partial charge in [0.1, 0.15) is 0 Å². The average Bonchev–Trinajstić information content (AvgIpc) is 2.35. The zero-order valence-electron chi connectivity index (χ0n) is 13.7. The zero-order valence-corrected chi connectivity index (χ0v) is 13.7. The lowest BCUT2D eigenvalue weighted by molar-refractivity contribution is 0.0196. The summed E-state index contributed by atoms with van der Waals surface area (Å²) in [4.78, 5) is 0. The molecule has 1 N–H and O–H groups in total. The van der Waals surface area contributed by atoms with Gasteiger partial charge in [-0.05, 0) is 67.9 Å². The summed E-state index contributed by atoms with van der Waals surface area (Å²) >= 11 is 0. The molecule has 0 bridgehead atoms. The Morgan fingerprint density at radius 3 is 2.50 bits per heavy atom.